The third-order valence-corrected chi connectivity index (χ3v) is 3.71. The molecule has 0 bridgehead atoms. The summed E-state index contributed by atoms with van der Waals surface area (Å²) >= 11 is 5.95. The van der Waals surface area contributed by atoms with E-state index in [9.17, 15) is 4.79 Å². The number of rotatable bonds is 2. The number of benzene rings is 2. The molecule has 3 aromatic rings. The number of aromatic nitrogens is 1. The lowest BCUT2D eigenvalue weighted by molar-refractivity contribution is 0.102. The smallest absolute Gasteiger partial charge is 0.272 e. The van der Waals surface area contributed by atoms with E-state index in [0.717, 1.165) is 27.7 Å². The number of carbonyl (C=O) groups is 1. The molecule has 2 N–H and O–H groups in total. The van der Waals surface area contributed by atoms with Gasteiger partial charge in [-0.25, -0.2) is 0 Å². The number of nitrogens with one attached hydrogen (secondary N) is 2. The molecule has 0 unspecified atom stereocenters. The number of carbonyl (C=O) groups excluding carboxylic acids is 1. The van der Waals surface area contributed by atoms with Crippen molar-refractivity contribution in [2.24, 2.45) is 0 Å². The van der Waals surface area contributed by atoms with Crippen LogP contribution in [0.2, 0.25) is 5.02 Å². The topological polar surface area (TPSA) is 44.9 Å². The third kappa shape index (κ3) is 2.78. The standard InChI is InChI=1S/C17H15ClN2O/c1-10-3-4-11(2)14(7-10)20-17(21)16-8-12-5-6-13(18)9-15(12)19-16/h3-9,19H,1-2H3,(H,20,21). The van der Waals surface area contributed by atoms with Crippen molar-refractivity contribution in [3.63, 3.8) is 0 Å². The van der Waals surface area contributed by atoms with Crippen molar-refractivity contribution in [3.05, 3.63) is 64.3 Å². The molecule has 106 valence electrons. The highest BCUT2D eigenvalue weighted by atomic mass is 35.5. The first-order chi connectivity index (χ1) is 10.0. The lowest BCUT2D eigenvalue weighted by atomic mass is 10.1. The molecule has 0 aliphatic heterocycles. The van der Waals surface area contributed by atoms with Crippen LogP contribution < -0.4 is 5.32 Å². The SMILES string of the molecule is Cc1ccc(C)c(NC(=O)c2cc3ccc(Cl)cc3[nH]2)c1. The fraction of sp³-hybridized carbons (Fsp3) is 0.118. The normalized spacial score (nSPS) is 10.8. The van der Waals surface area contributed by atoms with Crippen molar-refractivity contribution in [1.29, 1.82) is 0 Å². The minimum absolute atomic E-state index is 0.156. The summed E-state index contributed by atoms with van der Waals surface area (Å²) in [7, 11) is 0. The Bertz CT molecular complexity index is 836. The number of aryl methyl sites for hydroxylation is 2. The van der Waals surface area contributed by atoms with Crippen LogP contribution in [0.5, 0.6) is 0 Å². The van der Waals surface area contributed by atoms with Crippen LogP contribution in [-0.2, 0) is 0 Å². The zero-order chi connectivity index (χ0) is 15.0. The lowest BCUT2D eigenvalue weighted by Crippen LogP contribution is -2.13. The Hall–Kier alpha value is -2.26. The fourth-order valence-electron chi connectivity index (χ4n) is 2.28. The van der Waals surface area contributed by atoms with Crippen LogP contribution in [0.1, 0.15) is 21.6 Å². The molecule has 0 radical (unpaired) electrons. The first kappa shape index (κ1) is 13.7. The first-order valence-corrected chi connectivity index (χ1v) is 7.07. The third-order valence-electron chi connectivity index (χ3n) is 3.47. The number of aromatic amines is 1. The molecule has 2 aromatic carbocycles. The van der Waals surface area contributed by atoms with Gasteiger partial charge in [0.1, 0.15) is 5.69 Å². The number of H-pyrrole nitrogens is 1. The summed E-state index contributed by atoms with van der Waals surface area (Å²) in [6.07, 6.45) is 0. The van der Waals surface area contributed by atoms with Crippen LogP contribution in [0.4, 0.5) is 5.69 Å². The van der Waals surface area contributed by atoms with Crippen molar-refractivity contribution in [3.8, 4) is 0 Å². The Labute approximate surface area is 127 Å². The largest absolute Gasteiger partial charge is 0.350 e. The highest BCUT2D eigenvalue weighted by molar-refractivity contribution is 6.31. The highest BCUT2D eigenvalue weighted by Gasteiger charge is 2.11. The molecule has 3 nitrogen and oxygen atoms in total. The summed E-state index contributed by atoms with van der Waals surface area (Å²) in [6, 6.07) is 13.3. The molecule has 0 saturated carbocycles. The molecule has 0 aliphatic rings. The van der Waals surface area contributed by atoms with Crippen molar-refractivity contribution < 1.29 is 4.79 Å². The highest BCUT2D eigenvalue weighted by Crippen LogP contribution is 2.21. The van der Waals surface area contributed by atoms with Gasteiger partial charge in [0.25, 0.3) is 5.91 Å². The molecular weight excluding hydrogens is 284 g/mol. The van der Waals surface area contributed by atoms with E-state index < -0.39 is 0 Å². The fourth-order valence-corrected chi connectivity index (χ4v) is 2.45. The van der Waals surface area contributed by atoms with Gasteiger partial charge < -0.3 is 10.3 Å². The quantitative estimate of drug-likeness (QED) is 0.708. The van der Waals surface area contributed by atoms with Gasteiger partial charge in [-0.2, -0.15) is 0 Å². The van der Waals surface area contributed by atoms with Crippen LogP contribution in [0.25, 0.3) is 10.9 Å². The van der Waals surface area contributed by atoms with Gasteiger partial charge in [-0.15, -0.1) is 0 Å². The Morgan fingerprint density at radius 2 is 1.90 bits per heavy atom. The van der Waals surface area contributed by atoms with Crippen LogP contribution in [0.15, 0.2) is 42.5 Å². The van der Waals surface area contributed by atoms with E-state index in [1.54, 1.807) is 0 Å². The number of anilines is 1. The van der Waals surface area contributed by atoms with Crippen molar-refractivity contribution in [2.45, 2.75) is 13.8 Å². The second kappa shape index (κ2) is 5.26. The van der Waals surface area contributed by atoms with E-state index in [0.29, 0.717) is 10.7 Å². The molecule has 0 aliphatic carbocycles. The predicted octanol–water partition coefficient (Wildman–Crippen LogP) is 4.69. The average Bonchev–Trinajstić information content (AvgIpc) is 2.86. The maximum absolute atomic E-state index is 12.4. The van der Waals surface area contributed by atoms with Crippen LogP contribution in [0, 0.1) is 13.8 Å². The molecular formula is C17H15ClN2O. The Kier molecular flexibility index (Phi) is 3.43. The predicted molar refractivity (Wildman–Crippen MR) is 87.2 cm³/mol. The van der Waals surface area contributed by atoms with Gasteiger partial charge in [-0.05, 0) is 49.2 Å². The molecule has 1 amide bonds. The number of fused-ring (bicyclic) bond motifs is 1. The van der Waals surface area contributed by atoms with E-state index in [1.165, 1.54) is 0 Å². The Morgan fingerprint density at radius 3 is 2.71 bits per heavy atom. The number of hydrogen-bond donors (Lipinski definition) is 2. The maximum atomic E-state index is 12.4. The Morgan fingerprint density at radius 1 is 1.10 bits per heavy atom. The van der Waals surface area contributed by atoms with Crippen molar-refractivity contribution in [2.75, 3.05) is 5.32 Å². The number of halogens is 1. The average molecular weight is 299 g/mol. The molecule has 4 heteroatoms. The number of hydrogen-bond acceptors (Lipinski definition) is 1. The summed E-state index contributed by atoms with van der Waals surface area (Å²) in [5.41, 5.74) is 4.35. The van der Waals surface area contributed by atoms with Gasteiger partial charge >= 0.3 is 0 Å². The summed E-state index contributed by atoms with van der Waals surface area (Å²) < 4.78 is 0. The second-order valence-electron chi connectivity index (χ2n) is 5.19. The first-order valence-electron chi connectivity index (χ1n) is 6.70. The zero-order valence-corrected chi connectivity index (χ0v) is 12.6. The van der Waals surface area contributed by atoms with E-state index in [4.69, 9.17) is 11.6 Å². The summed E-state index contributed by atoms with van der Waals surface area (Å²) in [5, 5.41) is 4.55. The van der Waals surface area contributed by atoms with Gasteiger partial charge in [-0.3, -0.25) is 4.79 Å². The zero-order valence-electron chi connectivity index (χ0n) is 11.8. The van der Waals surface area contributed by atoms with Gasteiger partial charge in [0, 0.05) is 21.6 Å². The van der Waals surface area contributed by atoms with Crippen molar-refractivity contribution in [1.82, 2.24) is 4.98 Å². The van der Waals surface area contributed by atoms with Crippen molar-refractivity contribution >= 4 is 34.1 Å². The minimum atomic E-state index is -0.156. The lowest BCUT2D eigenvalue weighted by Gasteiger charge is -2.08. The molecule has 0 atom stereocenters. The van der Waals surface area contributed by atoms with Crippen LogP contribution >= 0.6 is 11.6 Å². The summed E-state index contributed by atoms with van der Waals surface area (Å²) in [6.45, 7) is 3.97. The molecule has 21 heavy (non-hydrogen) atoms. The minimum Gasteiger partial charge on any atom is -0.350 e. The van der Waals surface area contributed by atoms with E-state index in [1.807, 2.05) is 56.3 Å². The van der Waals surface area contributed by atoms with E-state index in [2.05, 4.69) is 10.3 Å². The molecule has 3 rings (SSSR count). The molecule has 0 saturated heterocycles. The molecule has 0 spiro atoms. The van der Waals surface area contributed by atoms with Crippen LogP contribution in [0.3, 0.4) is 0 Å². The summed E-state index contributed by atoms with van der Waals surface area (Å²) in [4.78, 5) is 15.5. The second-order valence-corrected chi connectivity index (χ2v) is 5.62. The van der Waals surface area contributed by atoms with E-state index >= 15 is 0 Å². The van der Waals surface area contributed by atoms with Crippen LogP contribution in [-0.4, -0.2) is 10.9 Å². The Balaban J connectivity index is 1.91. The van der Waals surface area contributed by atoms with E-state index in [-0.39, 0.29) is 5.91 Å². The molecule has 0 fully saturated rings. The monoisotopic (exact) mass is 298 g/mol. The van der Waals surface area contributed by atoms with Gasteiger partial charge in [-0.1, -0.05) is 29.8 Å². The molecule has 1 heterocycles. The summed E-state index contributed by atoms with van der Waals surface area (Å²) in [5.74, 6) is -0.156. The van der Waals surface area contributed by atoms with Gasteiger partial charge in [0.2, 0.25) is 0 Å². The van der Waals surface area contributed by atoms with Gasteiger partial charge in [0.05, 0.1) is 0 Å². The maximum Gasteiger partial charge on any atom is 0.272 e. The molecule has 1 aromatic heterocycles. The van der Waals surface area contributed by atoms with Gasteiger partial charge in [0.15, 0.2) is 0 Å². The number of amides is 1.